The summed E-state index contributed by atoms with van der Waals surface area (Å²) in [4.78, 5) is 19.2. The number of benzene rings is 1. The van der Waals surface area contributed by atoms with Gasteiger partial charge in [0, 0.05) is 5.69 Å². The zero-order valence-electron chi connectivity index (χ0n) is 11.5. The van der Waals surface area contributed by atoms with Crippen LogP contribution in [0.5, 0.6) is 5.88 Å². The molecule has 2 aromatic rings. The van der Waals surface area contributed by atoms with Crippen molar-refractivity contribution in [1.29, 1.82) is 0 Å². The van der Waals surface area contributed by atoms with E-state index in [4.69, 9.17) is 21.4 Å². The molecule has 21 heavy (non-hydrogen) atoms. The Balaban J connectivity index is 2.18. The number of aromatic carboxylic acids is 1. The van der Waals surface area contributed by atoms with Gasteiger partial charge in [0.15, 0.2) is 5.82 Å². The maximum absolute atomic E-state index is 10.9. The summed E-state index contributed by atoms with van der Waals surface area (Å²) >= 11 is 5.91. The fraction of sp³-hybridized carbons (Fsp3) is 0.214. The number of carbonyl (C=O) groups is 1. The number of hydrogen-bond acceptors (Lipinski definition) is 5. The van der Waals surface area contributed by atoms with E-state index in [0.717, 1.165) is 0 Å². The van der Waals surface area contributed by atoms with Crippen molar-refractivity contribution in [2.24, 2.45) is 0 Å². The molecule has 0 radical (unpaired) electrons. The van der Waals surface area contributed by atoms with Crippen molar-refractivity contribution in [1.82, 2.24) is 9.97 Å². The molecule has 0 amide bonds. The first kappa shape index (κ1) is 15.1. The topological polar surface area (TPSA) is 84.3 Å². The Bertz CT molecular complexity index is 662. The van der Waals surface area contributed by atoms with E-state index in [1.807, 2.05) is 13.8 Å². The summed E-state index contributed by atoms with van der Waals surface area (Å²) in [6, 6.07) is 4.55. The molecule has 0 saturated carbocycles. The SMILES string of the molecule is CC(C)Oc1cncc(Nc2ccc(C(=O)O)c(Cl)c2)n1. The molecule has 0 atom stereocenters. The molecule has 1 aromatic heterocycles. The quantitative estimate of drug-likeness (QED) is 0.881. The highest BCUT2D eigenvalue weighted by Crippen LogP contribution is 2.23. The fourth-order valence-electron chi connectivity index (χ4n) is 1.62. The van der Waals surface area contributed by atoms with Crippen LogP contribution in [-0.4, -0.2) is 27.1 Å². The molecule has 110 valence electrons. The molecule has 0 spiro atoms. The van der Waals surface area contributed by atoms with E-state index in [9.17, 15) is 4.79 Å². The van der Waals surface area contributed by atoms with Crippen LogP contribution in [0.4, 0.5) is 11.5 Å². The zero-order valence-corrected chi connectivity index (χ0v) is 12.3. The molecule has 0 bridgehead atoms. The molecule has 2 N–H and O–H groups in total. The largest absolute Gasteiger partial charge is 0.478 e. The van der Waals surface area contributed by atoms with Gasteiger partial charge in [0.1, 0.15) is 0 Å². The second-order valence-corrected chi connectivity index (χ2v) is 4.94. The van der Waals surface area contributed by atoms with Crippen LogP contribution >= 0.6 is 11.6 Å². The molecular weight excluding hydrogens is 294 g/mol. The van der Waals surface area contributed by atoms with Gasteiger partial charge in [-0.2, -0.15) is 4.98 Å². The van der Waals surface area contributed by atoms with Crippen LogP contribution in [0.1, 0.15) is 24.2 Å². The second-order valence-electron chi connectivity index (χ2n) is 4.53. The summed E-state index contributed by atoms with van der Waals surface area (Å²) in [5.41, 5.74) is 0.659. The number of carboxylic acid groups (broad SMARTS) is 1. The van der Waals surface area contributed by atoms with Crippen molar-refractivity contribution in [3.05, 3.63) is 41.2 Å². The average Bonchev–Trinajstić information content (AvgIpc) is 2.37. The van der Waals surface area contributed by atoms with Crippen LogP contribution in [0.15, 0.2) is 30.6 Å². The van der Waals surface area contributed by atoms with Gasteiger partial charge in [-0.15, -0.1) is 0 Å². The lowest BCUT2D eigenvalue weighted by atomic mass is 10.2. The van der Waals surface area contributed by atoms with Crippen molar-refractivity contribution >= 4 is 29.1 Å². The standard InChI is InChI=1S/C14H14ClN3O3/c1-8(2)21-13-7-16-6-12(18-13)17-9-3-4-10(14(19)20)11(15)5-9/h3-8H,1-2H3,(H,17,18)(H,19,20). The Kier molecular flexibility index (Phi) is 4.59. The highest BCUT2D eigenvalue weighted by atomic mass is 35.5. The maximum atomic E-state index is 10.9. The van der Waals surface area contributed by atoms with Crippen LogP contribution < -0.4 is 10.1 Å². The molecule has 0 saturated heterocycles. The minimum Gasteiger partial charge on any atom is -0.478 e. The van der Waals surface area contributed by atoms with Gasteiger partial charge in [-0.05, 0) is 32.0 Å². The monoisotopic (exact) mass is 307 g/mol. The third kappa shape index (κ3) is 4.06. The van der Waals surface area contributed by atoms with Gasteiger partial charge in [0.2, 0.25) is 5.88 Å². The molecule has 1 heterocycles. The first-order valence-corrected chi connectivity index (χ1v) is 6.62. The fourth-order valence-corrected chi connectivity index (χ4v) is 1.88. The predicted octanol–water partition coefficient (Wildman–Crippen LogP) is 3.36. The summed E-state index contributed by atoms with van der Waals surface area (Å²) < 4.78 is 5.45. The lowest BCUT2D eigenvalue weighted by Crippen LogP contribution is -2.08. The summed E-state index contributed by atoms with van der Waals surface area (Å²) in [5.74, 6) is -0.186. The van der Waals surface area contributed by atoms with Crippen LogP contribution in [0, 0.1) is 0 Å². The number of carboxylic acids is 1. The molecule has 0 aliphatic heterocycles. The normalized spacial score (nSPS) is 10.5. The van der Waals surface area contributed by atoms with Gasteiger partial charge in [-0.1, -0.05) is 11.6 Å². The third-order valence-electron chi connectivity index (χ3n) is 2.44. The van der Waals surface area contributed by atoms with Crippen molar-refractivity contribution in [2.75, 3.05) is 5.32 Å². The first-order valence-electron chi connectivity index (χ1n) is 6.24. The Morgan fingerprint density at radius 3 is 2.76 bits per heavy atom. The Morgan fingerprint density at radius 1 is 1.38 bits per heavy atom. The molecule has 0 fully saturated rings. The van der Waals surface area contributed by atoms with Gasteiger partial charge in [-0.25, -0.2) is 4.79 Å². The number of rotatable bonds is 5. The molecule has 0 unspecified atom stereocenters. The average molecular weight is 308 g/mol. The summed E-state index contributed by atoms with van der Waals surface area (Å²) in [5, 5.41) is 12.1. The molecular formula is C14H14ClN3O3. The number of hydrogen-bond donors (Lipinski definition) is 2. The summed E-state index contributed by atoms with van der Waals surface area (Å²) in [6.07, 6.45) is 3.05. The van der Waals surface area contributed by atoms with Crippen LogP contribution in [0.25, 0.3) is 0 Å². The third-order valence-corrected chi connectivity index (χ3v) is 2.75. The van der Waals surface area contributed by atoms with E-state index in [1.54, 1.807) is 6.07 Å². The molecule has 1 aromatic carbocycles. The van der Waals surface area contributed by atoms with Gasteiger partial charge in [0.05, 0.1) is 29.1 Å². The number of aromatic nitrogens is 2. The van der Waals surface area contributed by atoms with Crippen molar-refractivity contribution in [3.8, 4) is 5.88 Å². The second kappa shape index (κ2) is 6.41. The van der Waals surface area contributed by atoms with Crippen molar-refractivity contribution < 1.29 is 14.6 Å². The number of halogens is 1. The highest BCUT2D eigenvalue weighted by molar-refractivity contribution is 6.33. The minimum absolute atomic E-state index is 0.00107. The minimum atomic E-state index is -1.07. The Hall–Kier alpha value is -2.34. The molecule has 2 rings (SSSR count). The van der Waals surface area contributed by atoms with Gasteiger partial charge < -0.3 is 15.2 Å². The molecule has 0 aliphatic rings. The zero-order chi connectivity index (χ0) is 15.4. The molecule has 7 heteroatoms. The van der Waals surface area contributed by atoms with Gasteiger partial charge in [0.25, 0.3) is 0 Å². The van der Waals surface area contributed by atoms with E-state index in [2.05, 4.69) is 15.3 Å². The van der Waals surface area contributed by atoms with Gasteiger partial charge >= 0.3 is 5.97 Å². The summed E-state index contributed by atoms with van der Waals surface area (Å²) in [7, 11) is 0. The number of nitrogens with one attached hydrogen (secondary N) is 1. The lowest BCUT2D eigenvalue weighted by Gasteiger charge is -2.10. The smallest absolute Gasteiger partial charge is 0.337 e. The predicted molar refractivity (Wildman–Crippen MR) is 79.5 cm³/mol. The van der Waals surface area contributed by atoms with E-state index in [-0.39, 0.29) is 16.7 Å². The number of nitrogens with zero attached hydrogens (tertiary/aromatic N) is 2. The molecule has 6 nitrogen and oxygen atoms in total. The first-order chi connectivity index (χ1) is 9.95. The van der Waals surface area contributed by atoms with E-state index in [0.29, 0.717) is 17.4 Å². The Labute approximate surface area is 126 Å². The van der Waals surface area contributed by atoms with Crippen LogP contribution in [0.2, 0.25) is 5.02 Å². The highest BCUT2D eigenvalue weighted by Gasteiger charge is 2.09. The lowest BCUT2D eigenvalue weighted by molar-refractivity contribution is 0.0697. The maximum Gasteiger partial charge on any atom is 0.337 e. The molecule has 0 aliphatic carbocycles. The number of ether oxygens (including phenoxy) is 1. The van der Waals surface area contributed by atoms with Crippen molar-refractivity contribution in [2.45, 2.75) is 20.0 Å². The number of anilines is 2. The van der Waals surface area contributed by atoms with E-state index in [1.165, 1.54) is 24.5 Å². The van der Waals surface area contributed by atoms with E-state index < -0.39 is 5.97 Å². The Morgan fingerprint density at radius 2 is 2.14 bits per heavy atom. The van der Waals surface area contributed by atoms with E-state index >= 15 is 0 Å². The summed E-state index contributed by atoms with van der Waals surface area (Å²) in [6.45, 7) is 3.79. The van der Waals surface area contributed by atoms with Crippen LogP contribution in [-0.2, 0) is 0 Å². The van der Waals surface area contributed by atoms with Crippen LogP contribution in [0.3, 0.4) is 0 Å². The van der Waals surface area contributed by atoms with Gasteiger partial charge in [-0.3, -0.25) is 4.98 Å². The van der Waals surface area contributed by atoms with Crippen molar-refractivity contribution in [3.63, 3.8) is 0 Å².